The molecule has 0 saturated carbocycles. The highest BCUT2D eigenvalue weighted by Gasteiger charge is 2.11. The molecule has 0 aromatic heterocycles. The molecule has 0 aliphatic heterocycles. The molecule has 0 saturated heterocycles. The summed E-state index contributed by atoms with van der Waals surface area (Å²) in [4.78, 5) is 2.32. The van der Waals surface area contributed by atoms with Crippen molar-refractivity contribution in [2.75, 3.05) is 13.6 Å². The molecule has 0 fully saturated rings. The molecule has 0 spiro atoms. The fourth-order valence-corrected chi connectivity index (χ4v) is 1.61. The van der Waals surface area contributed by atoms with Gasteiger partial charge < -0.3 is 4.90 Å². The predicted molar refractivity (Wildman–Crippen MR) is 60.8 cm³/mol. The number of rotatable bonds is 7. The van der Waals surface area contributed by atoms with Gasteiger partial charge in [0.15, 0.2) is 0 Å². The number of hydrogen-bond donors (Lipinski definition) is 0. The average molecular weight is 183 g/mol. The minimum atomic E-state index is 0.682. The number of unbranched alkanes of at least 4 members (excludes halogenated alkanes) is 1. The first-order chi connectivity index (χ1) is 6.17. The summed E-state index contributed by atoms with van der Waals surface area (Å²) in [6.45, 7) is 12.1. The summed E-state index contributed by atoms with van der Waals surface area (Å²) in [6.07, 6.45) is 4.97. The Morgan fingerprint density at radius 2 is 1.77 bits per heavy atom. The van der Waals surface area contributed by atoms with Gasteiger partial charge in [0, 0.05) is 19.3 Å². The molecule has 0 atom stereocenters. The van der Waals surface area contributed by atoms with Crippen molar-refractivity contribution in [3.63, 3.8) is 0 Å². The molecule has 78 valence electrons. The molecule has 1 heteroatoms. The summed E-state index contributed by atoms with van der Waals surface area (Å²) in [7, 11) is 2.16. The van der Waals surface area contributed by atoms with E-state index in [1.807, 2.05) is 0 Å². The van der Waals surface area contributed by atoms with E-state index in [-0.39, 0.29) is 0 Å². The lowest BCUT2D eigenvalue weighted by atomic mass is 9.99. The van der Waals surface area contributed by atoms with Crippen molar-refractivity contribution >= 4 is 0 Å². The van der Waals surface area contributed by atoms with Crippen LogP contribution in [0.1, 0.15) is 46.5 Å². The van der Waals surface area contributed by atoms with Gasteiger partial charge in [0.05, 0.1) is 0 Å². The topological polar surface area (TPSA) is 3.24 Å². The summed E-state index contributed by atoms with van der Waals surface area (Å²) >= 11 is 0. The van der Waals surface area contributed by atoms with Crippen LogP contribution in [0.4, 0.5) is 0 Å². The second-order valence-corrected chi connectivity index (χ2v) is 3.78. The molecule has 0 heterocycles. The zero-order valence-corrected chi connectivity index (χ0v) is 9.77. The third-order valence-electron chi connectivity index (χ3n) is 2.79. The van der Waals surface area contributed by atoms with Crippen LogP contribution in [0.5, 0.6) is 0 Å². The van der Waals surface area contributed by atoms with Crippen LogP contribution in [0.15, 0.2) is 12.3 Å². The lowest BCUT2D eigenvalue weighted by Crippen LogP contribution is -2.23. The molecular weight excluding hydrogens is 158 g/mol. The molecule has 0 N–H and O–H groups in total. The lowest BCUT2D eigenvalue weighted by Gasteiger charge is -2.27. The summed E-state index contributed by atoms with van der Waals surface area (Å²) in [5.41, 5.74) is 1.32. The molecule has 0 aliphatic rings. The molecule has 0 bridgehead atoms. The maximum atomic E-state index is 4.18. The molecule has 0 radical (unpaired) electrons. The first-order valence-electron chi connectivity index (χ1n) is 5.57. The SMILES string of the molecule is C=C(C(CC)CC)N(C)CCCC. The minimum Gasteiger partial charge on any atom is -0.378 e. The molecule has 0 amide bonds. The molecule has 0 rings (SSSR count). The summed E-state index contributed by atoms with van der Waals surface area (Å²) in [5.74, 6) is 0.682. The van der Waals surface area contributed by atoms with E-state index in [2.05, 4.69) is 39.3 Å². The van der Waals surface area contributed by atoms with Crippen molar-refractivity contribution in [3.05, 3.63) is 12.3 Å². The first-order valence-corrected chi connectivity index (χ1v) is 5.57. The zero-order valence-electron chi connectivity index (χ0n) is 9.77. The van der Waals surface area contributed by atoms with Crippen LogP contribution in [0.2, 0.25) is 0 Å². The Balaban J connectivity index is 3.92. The smallest absolute Gasteiger partial charge is 0.0171 e. The van der Waals surface area contributed by atoms with E-state index in [4.69, 9.17) is 0 Å². The zero-order chi connectivity index (χ0) is 10.3. The molecule has 1 nitrogen and oxygen atoms in total. The second kappa shape index (κ2) is 6.99. The van der Waals surface area contributed by atoms with Gasteiger partial charge >= 0.3 is 0 Å². The van der Waals surface area contributed by atoms with Crippen molar-refractivity contribution in [3.8, 4) is 0 Å². The number of allylic oxidation sites excluding steroid dienone is 1. The summed E-state index contributed by atoms with van der Waals surface area (Å²) < 4.78 is 0. The van der Waals surface area contributed by atoms with E-state index in [9.17, 15) is 0 Å². The second-order valence-electron chi connectivity index (χ2n) is 3.78. The highest BCUT2D eigenvalue weighted by atomic mass is 15.1. The first kappa shape index (κ1) is 12.5. The monoisotopic (exact) mass is 183 g/mol. The highest BCUT2D eigenvalue weighted by Crippen LogP contribution is 2.19. The van der Waals surface area contributed by atoms with Crippen molar-refractivity contribution < 1.29 is 0 Å². The number of nitrogens with zero attached hydrogens (tertiary/aromatic N) is 1. The predicted octanol–water partition coefficient (Wildman–Crippen LogP) is 3.67. The van der Waals surface area contributed by atoms with Gasteiger partial charge in [0.2, 0.25) is 0 Å². The van der Waals surface area contributed by atoms with Crippen LogP contribution in [-0.4, -0.2) is 18.5 Å². The molecule has 0 aromatic carbocycles. The maximum Gasteiger partial charge on any atom is 0.0171 e. The number of hydrogen-bond acceptors (Lipinski definition) is 1. The van der Waals surface area contributed by atoms with Gasteiger partial charge in [0.25, 0.3) is 0 Å². The standard InChI is InChI=1S/C12H25N/c1-6-9-10-13(5)11(4)12(7-2)8-3/h12H,4,6-10H2,1-3,5H3. The summed E-state index contributed by atoms with van der Waals surface area (Å²) in [5, 5.41) is 0. The van der Waals surface area contributed by atoms with Crippen LogP contribution in [0, 0.1) is 5.92 Å². The van der Waals surface area contributed by atoms with Gasteiger partial charge in [-0.1, -0.05) is 33.8 Å². The van der Waals surface area contributed by atoms with Crippen LogP contribution >= 0.6 is 0 Å². The van der Waals surface area contributed by atoms with Gasteiger partial charge in [-0.05, 0) is 25.2 Å². The molecule has 0 aliphatic carbocycles. The normalized spacial score (nSPS) is 10.5. The Labute approximate surface area is 83.8 Å². The lowest BCUT2D eigenvalue weighted by molar-refractivity contribution is 0.342. The van der Waals surface area contributed by atoms with Gasteiger partial charge in [-0.15, -0.1) is 0 Å². The van der Waals surface area contributed by atoms with Crippen molar-refractivity contribution in [2.24, 2.45) is 5.92 Å². The highest BCUT2D eigenvalue weighted by molar-refractivity contribution is 4.98. The Kier molecular flexibility index (Phi) is 6.75. The van der Waals surface area contributed by atoms with Gasteiger partial charge in [-0.25, -0.2) is 0 Å². The fraction of sp³-hybridized carbons (Fsp3) is 0.833. The van der Waals surface area contributed by atoms with Crippen LogP contribution in [-0.2, 0) is 0 Å². The fourth-order valence-electron chi connectivity index (χ4n) is 1.61. The van der Waals surface area contributed by atoms with Crippen LogP contribution in [0.25, 0.3) is 0 Å². The molecular formula is C12H25N. The molecule has 13 heavy (non-hydrogen) atoms. The van der Waals surface area contributed by atoms with Gasteiger partial charge in [-0.3, -0.25) is 0 Å². The largest absolute Gasteiger partial charge is 0.378 e. The average Bonchev–Trinajstić information content (AvgIpc) is 2.15. The van der Waals surface area contributed by atoms with E-state index in [1.54, 1.807) is 0 Å². The third kappa shape index (κ3) is 4.35. The van der Waals surface area contributed by atoms with Crippen molar-refractivity contribution in [1.82, 2.24) is 4.90 Å². The molecule has 0 aromatic rings. The summed E-state index contributed by atoms with van der Waals surface area (Å²) in [6, 6.07) is 0. The third-order valence-corrected chi connectivity index (χ3v) is 2.79. The minimum absolute atomic E-state index is 0.682. The van der Waals surface area contributed by atoms with Gasteiger partial charge in [0.1, 0.15) is 0 Å². The Morgan fingerprint density at radius 3 is 2.15 bits per heavy atom. The van der Waals surface area contributed by atoms with E-state index >= 15 is 0 Å². The van der Waals surface area contributed by atoms with Crippen molar-refractivity contribution in [1.29, 1.82) is 0 Å². The Bertz CT molecular complexity index is 136. The quantitative estimate of drug-likeness (QED) is 0.582. The van der Waals surface area contributed by atoms with Gasteiger partial charge in [-0.2, -0.15) is 0 Å². The van der Waals surface area contributed by atoms with Crippen LogP contribution < -0.4 is 0 Å². The maximum absolute atomic E-state index is 4.18. The van der Waals surface area contributed by atoms with Crippen molar-refractivity contribution in [2.45, 2.75) is 46.5 Å². The molecule has 0 unspecified atom stereocenters. The Hall–Kier alpha value is -0.460. The van der Waals surface area contributed by atoms with E-state index in [0.29, 0.717) is 5.92 Å². The van der Waals surface area contributed by atoms with E-state index in [1.165, 1.54) is 31.4 Å². The van der Waals surface area contributed by atoms with E-state index in [0.717, 1.165) is 6.54 Å². The van der Waals surface area contributed by atoms with Crippen LogP contribution in [0.3, 0.4) is 0 Å². The van der Waals surface area contributed by atoms with E-state index < -0.39 is 0 Å². The Morgan fingerprint density at radius 1 is 1.23 bits per heavy atom.